The minimum atomic E-state index is -1.36. The van der Waals surface area contributed by atoms with Crippen molar-refractivity contribution >= 4 is 8.07 Å². The van der Waals surface area contributed by atoms with Crippen molar-refractivity contribution in [2.24, 2.45) is 0 Å². The van der Waals surface area contributed by atoms with Gasteiger partial charge in [-0.2, -0.15) is 0 Å². The molecule has 1 aromatic rings. The van der Waals surface area contributed by atoms with Gasteiger partial charge >= 0.3 is 0 Å². The minimum absolute atomic E-state index is 1.36. The van der Waals surface area contributed by atoms with E-state index in [1.54, 1.807) is 23.7 Å². The highest BCUT2D eigenvalue weighted by molar-refractivity contribution is 6.79. The van der Waals surface area contributed by atoms with Crippen molar-refractivity contribution in [3.8, 4) is 0 Å². The summed E-state index contributed by atoms with van der Waals surface area (Å²) in [5, 5.41) is 0. The van der Waals surface area contributed by atoms with Gasteiger partial charge in [0.05, 0.1) is 8.07 Å². The summed E-state index contributed by atoms with van der Waals surface area (Å²) in [6.07, 6.45) is 70.9. The molecule has 0 atom stereocenters. The molecule has 0 heterocycles. The molecule has 0 N–H and O–H groups in total. The van der Waals surface area contributed by atoms with Gasteiger partial charge in [0, 0.05) is 0 Å². The van der Waals surface area contributed by atoms with Crippen LogP contribution in [-0.2, 0) is 6.04 Å². The van der Waals surface area contributed by atoms with E-state index in [2.05, 4.69) is 51.1 Å². The molecule has 0 nitrogen and oxygen atoms in total. The van der Waals surface area contributed by atoms with Crippen LogP contribution in [0.1, 0.15) is 335 Å². The van der Waals surface area contributed by atoms with Gasteiger partial charge in [-0.15, -0.1) is 0 Å². The van der Waals surface area contributed by atoms with E-state index in [4.69, 9.17) is 0 Å². The van der Waals surface area contributed by atoms with Crippen LogP contribution in [0.25, 0.3) is 0 Å². The van der Waals surface area contributed by atoms with Gasteiger partial charge in [0.15, 0.2) is 0 Å². The van der Waals surface area contributed by atoms with E-state index in [-0.39, 0.29) is 0 Å². The number of hydrogen-bond acceptors (Lipinski definition) is 0. The molecule has 366 valence electrons. The number of unbranched alkanes of at least 4 members (excludes halogenated alkanes) is 45. The van der Waals surface area contributed by atoms with Gasteiger partial charge in [-0.3, -0.25) is 0 Å². The van der Waals surface area contributed by atoms with Gasteiger partial charge in [-0.1, -0.05) is 383 Å². The Morgan fingerprint density at radius 3 is 0.597 bits per heavy atom. The van der Waals surface area contributed by atoms with Gasteiger partial charge in [-0.05, 0) is 6.04 Å². The van der Waals surface area contributed by atoms with Crippen LogP contribution in [0.3, 0.4) is 0 Å². The SMILES string of the molecule is CCCCCCCCCCCCCCCCCC[Si](CCCCCCCCCCCCCCCCCC)(CCCCCCCCCCCCCCCCCC)Cc1ccccc1. The Morgan fingerprint density at radius 2 is 0.403 bits per heavy atom. The monoisotopic (exact) mass is 879 g/mol. The molecule has 0 saturated heterocycles. The summed E-state index contributed by atoms with van der Waals surface area (Å²) >= 11 is 0. The molecule has 0 aliphatic carbocycles. The van der Waals surface area contributed by atoms with Crippen LogP contribution in [0.5, 0.6) is 0 Å². The highest BCUT2D eigenvalue weighted by Gasteiger charge is 2.31. The molecule has 62 heavy (non-hydrogen) atoms. The van der Waals surface area contributed by atoms with Crippen molar-refractivity contribution in [3.05, 3.63) is 35.9 Å². The normalized spacial score (nSPS) is 11.9. The van der Waals surface area contributed by atoms with Crippen LogP contribution < -0.4 is 0 Å². The Hall–Kier alpha value is -0.563. The molecule has 0 aliphatic rings. The van der Waals surface area contributed by atoms with E-state index in [0.717, 1.165) is 0 Å². The van der Waals surface area contributed by atoms with E-state index in [0.29, 0.717) is 0 Å². The summed E-state index contributed by atoms with van der Waals surface area (Å²) in [5.41, 5.74) is 1.67. The van der Waals surface area contributed by atoms with Crippen molar-refractivity contribution in [3.63, 3.8) is 0 Å². The number of benzene rings is 1. The fraction of sp³-hybridized carbons (Fsp3) is 0.902. The molecular weight excluding hydrogens is 761 g/mol. The molecule has 0 radical (unpaired) electrons. The lowest BCUT2D eigenvalue weighted by atomic mass is 10.0. The smallest absolute Gasteiger partial charge is 0.0579 e. The first-order valence-electron chi connectivity index (χ1n) is 29.8. The molecule has 0 aromatic heterocycles. The maximum absolute atomic E-state index is 2.48. The van der Waals surface area contributed by atoms with Crippen molar-refractivity contribution in [2.45, 2.75) is 353 Å². The first-order chi connectivity index (χ1) is 30.8. The van der Waals surface area contributed by atoms with E-state index < -0.39 is 8.07 Å². The summed E-state index contributed by atoms with van der Waals surface area (Å²) in [6, 6.07) is 18.1. The van der Waals surface area contributed by atoms with Crippen LogP contribution in [0.15, 0.2) is 30.3 Å². The van der Waals surface area contributed by atoms with Crippen molar-refractivity contribution in [2.75, 3.05) is 0 Å². The summed E-state index contributed by atoms with van der Waals surface area (Å²) in [7, 11) is -1.36. The molecule has 0 aliphatic heterocycles. The van der Waals surface area contributed by atoms with Gasteiger partial charge in [0.25, 0.3) is 0 Å². The third-order valence-electron chi connectivity index (χ3n) is 15.1. The van der Waals surface area contributed by atoms with Crippen molar-refractivity contribution in [1.29, 1.82) is 0 Å². The van der Waals surface area contributed by atoms with E-state index in [9.17, 15) is 0 Å². The Morgan fingerprint density at radius 1 is 0.226 bits per heavy atom. The maximum atomic E-state index is 2.48. The Labute approximate surface area is 395 Å². The average molecular weight is 880 g/mol. The number of hydrogen-bond donors (Lipinski definition) is 0. The third-order valence-corrected chi connectivity index (χ3v) is 20.5. The van der Waals surface area contributed by atoms with Gasteiger partial charge in [0.2, 0.25) is 0 Å². The van der Waals surface area contributed by atoms with E-state index in [1.807, 2.05) is 0 Å². The zero-order valence-corrected chi connectivity index (χ0v) is 44.7. The number of rotatable bonds is 53. The van der Waals surface area contributed by atoms with Crippen LogP contribution in [0, 0.1) is 0 Å². The third kappa shape index (κ3) is 42.1. The standard InChI is InChI=1S/C61H118Si/c1-4-7-10-13-16-19-22-25-28-31-34-37-40-43-46-52-57-62(60-61-55-50-49-51-56-61,58-53-47-44-41-38-35-32-29-26-23-20-17-14-11-8-5-2)59-54-48-45-42-39-36-33-30-27-24-21-18-15-12-9-6-3/h49-51,55-56H,4-48,52-54,57-60H2,1-3H3. The highest BCUT2D eigenvalue weighted by atomic mass is 28.3. The fourth-order valence-corrected chi connectivity index (χ4v) is 16.2. The Balaban J connectivity index is 2.45. The minimum Gasteiger partial charge on any atom is -0.0654 e. The zero-order valence-electron chi connectivity index (χ0n) is 43.7. The lowest BCUT2D eigenvalue weighted by Crippen LogP contribution is -2.37. The molecular formula is C61H118Si. The molecule has 0 unspecified atom stereocenters. The summed E-state index contributed by atoms with van der Waals surface area (Å²) in [4.78, 5) is 0. The van der Waals surface area contributed by atoms with Gasteiger partial charge < -0.3 is 0 Å². The lowest BCUT2D eigenvalue weighted by Gasteiger charge is -2.33. The van der Waals surface area contributed by atoms with E-state index >= 15 is 0 Å². The molecule has 1 rings (SSSR count). The summed E-state index contributed by atoms with van der Waals surface area (Å²) in [6.45, 7) is 6.97. The van der Waals surface area contributed by atoms with Gasteiger partial charge in [-0.25, -0.2) is 0 Å². The van der Waals surface area contributed by atoms with Gasteiger partial charge in [0.1, 0.15) is 0 Å². The van der Waals surface area contributed by atoms with Crippen molar-refractivity contribution < 1.29 is 0 Å². The average Bonchev–Trinajstić information content (AvgIpc) is 3.29. The molecule has 0 bridgehead atoms. The molecule has 1 aromatic carbocycles. The first-order valence-corrected chi connectivity index (χ1v) is 32.6. The van der Waals surface area contributed by atoms with Crippen LogP contribution in [-0.4, -0.2) is 8.07 Å². The van der Waals surface area contributed by atoms with Crippen molar-refractivity contribution in [1.82, 2.24) is 0 Å². The Bertz CT molecular complexity index is 850. The molecule has 0 spiro atoms. The van der Waals surface area contributed by atoms with Crippen LogP contribution in [0.4, 0.5) is 0 Å². The lowest BCUT2D eigenvalue weighted by molar-refractivity contribution is 0.529. The molecule has 0 saturated carbocycles. The maximum Gasteiger partial charge on any atom is 0.0579 e. The summed E-state index contributed by atoms with van der Waals surface area (Å²) < 4.78 is 0. The molecule has 1 heteroatoms. The second-order valence-electron chi connectivity index (χ2n) is 21.3. The topological polar surface area (TPSA) is 0 Å². The highest BCUT2D eigenvalue weighted by Crippen LogP contribution is 2.33. The van der Waals surface area contributed by atoms with Crippen LogP contribution >= 0.6 is 0 Å². The fourth-order valence-electron chi connectivity index (χ4n) is 10.8. The first kappa shape index (κ1) is 59.5. The van der Waals surface area contributed by atoms with E-state index in [1.165, 1.54) is 314 Å². The second-order valence-corrected chi connectivity index (χ2v) is 26.2. The largest absolute Gasteiger partial charge is 0.0654 e. The molecule has 0 fully saturated rings. The second kappa shape index (κ2) is 49.9. The molecule has 0 amide bonds. The Kier molecular flexibility index (Phi) is 47.8. The predicted octanol–water partition coefficient (Wildman–Crippen LogP) is 23.0. The predicted molar refractivity (Wildman–Crippen MR) is 289 cm³/mol. The zero-order chi connectivity index (χ0) is 44.4. The summed E-state index contributed by atoms with van der Waals surface area (Å²) in [5.74, 6) is 0. The van der Waals surface area contributed by atoms with Crippen LogP contribution in [0.2, 0.25) is 18.1 Å². The quantitative estimate of drug-likeness (QED) is 0.0452.